The maximum Gasteiger partial charge on any atom is 0.240 e. The summed E-state index contributed by atoms with van der Waals surface area (Å²) in [7, 11) is 0. The summed E-state index contributed by atoms with van der Waals surface area (Å²) in [6.45, 7) is 2.05. The van der Waals surface area contributed by atoms with E-state index in [0.717, 1.165) is 6.07 Å². The van der Waals surface area contributed by atoms with Gasteiger partial charge in [0.15, 0.2) is 0 Å². The molecule has 9 heteroatoms. The van der Waals surface area contributed by atoms with Crippen molar-refractivity contribution in [2.45, 2.75) is 25.4 Å². The van der Waals surface area contributed by atoms with E-state index in [4.69, 9.17) is 11.6 Å². The first-order valence-electron chi connectivity index (χ1n) is 8.54. The van der Waals surface area contributed by atoms with Gasteiger partial charge in [-0.1, -0.05) is 17.7 Å². The van der Waals surface area contributed by atoms with E-state index in [1.54, 1.807) is 23.7 Å². The maximum atomic E-state index is 14.6. The Morgan fingerprint density at radius 3 is 2.64 bits per heavy atom. The van der Waals surface area contributed by atoms with Gasteiger partial charge in [-0.25, -0.2) is 13.8 Å². The van der Waals surface area contributed by atoms with Crippen molar-refractivity contribution in [2.24, 2.45) is 0 Å². The lowest BCUT2D eigenvalue weighted by Gasteiger charge is -2.25. The van der Waals surface area contributed by atoms with Gasteiger partial charge in [0.25, 0.3) is 0 Å². The van der Waals surface area contributed by atoms with Crippen molar-refractivity contribution in [1.29, 1.82) is 0 Å². The molecule has 0 amide bonds. The van der Waals surface area contributed by atoms with Crippen molar-refractivity contribution in [1.82, 2.24) is 24.5 Å². The van der Waals surface area contributed by atoms with Crippen LogP contribution < -0.4 is 0 Å². The minimum atomic E-state index is -0.683. The third-order valence-corrected chi connectivity index (χ3v) is 5.04. The molecule has 0 aliphatic heterocycles. The Kier molecular flexibility index (Phi) is 4.80. The normalized spacial score (nSPS) is 13.8. The van der Waals surface area contributed by atoms with Gasteiger partial charge in [-0.15, -0.1) is 5.10 Å². The Bertz CT molecular complexity index is 1130. The quantitative estimate of drug-likeness (QED) is 0.481. The van der Waals surface area contributed by atoms with Crippen molar-refractivity contribution in [3.63, 3.8) is 0 Å². The Morgan fingerprint density at radius 2 is 1.93 bits per heavy atom. The fourth-order valence-electron chi connectivity index (χ4n) is 3.40. The Morgan fingerprint density at radius 1 is 1.11 bits per heavy atom. The van der Waals surface area contributed by atoms with Gasteiger partial charge < -0.3 is 0 Å². The molecular weight excluding hydrogens is 391 g/mol. The average molecular weight is 406 g/mol. The molecule has 4 aromatic rings. The third kappa shape index (κ3) is 3.35. The van der Waals surface area contributed by atoms with Crippen LogP contribution >= 0.6 is 11.6 Å². The van der Waals surface area contributed by atoms with Crippen molar-refractivity contribution in [3.8, 4) is 0 Å². The number of fused-ring (bicyclic) bond motifs is 1. The van der Waals surface area contributed by atoms with Crippen molar-refractivity contribution < 1.29 is 13.2 Å². The van der Waals surface area contributed by atoms with Crippen LogP contribution in [0.4, 0.5) is 13.2 Å². The van der Waals surface area contributed by atoms with Gasteiger partial charge in [-0.3, -0.25) is 9.36 Å². The lowest BCUT2D eigenvalue weighted by atomic mass is 9.91. The van der Waals surface area contributed by atoms with Crippen LogP contribution in [0.2, 0.25) is 5.02 Å². The van der Waals surface area contributed by atoms with Crippen LogP contribution in [0.25, 0.3) is 10.9 Å². The number of nitrogens with zero attached hydrogens (tertiary/aromatic N) is 5. The van der Waals surface area contributed by atoms with Gasteiger partial charge in [0, 0.05) is 17.0 Å². The number of benzene rings is 2. The number of rotatable bonds is 5. The van der Waals surface area contributed by atoms with Crippen LogP contribution in [0.1, 0.15) is 24.4 Å². The monoisotopic (exact) mass is 405 g/mol. The predicted octanol–water partition coefficient (Wildman–Crippen LogP) is 4.74. The van der Waals surface area contributed by atoms with Gasteiger partial charge in [0.2, 0.25) is 5.95 Å². The highest BCUT2D eigenvalue weighted by molar-refractivity contribution is 6.31. The zero-order valence-corrected chi connectivity index (χ0v) is 15.5. The molecule has 0 saturated carbocycles. The van der Waals surface area contributed by atoms with Crippen LogP contribution in [0, 0.1) is 17.6 Å². The van der Waals surface area contributed by atoms with Crippen LogP contribution in [0.3, 0.4) is 0 Å². The molecule has 0 aliphatic carbocycles. The van der Waals surface area contributed by atoms with Gasteiger partial charge >= 0.3 is 0 Å². The second kappa shape index (κ2) is 7.27. The smallest absolute Gasteiger partial charge is 0.240 e. The number of hydrogen-bond donors (Lipinski definition) is 0. The largest absolute Gasteiger partial charge is 0.258 e. The molecule has 5 nitrogen and oxygen atoms in total. The average Bonchev–Trinajstić information content (AvgIpc) is 3.28. The van der Waals surface area contributed by atoms with Gasteiger partial charge in [-0.2, -0.15) is 9.49 Å². The zero-order valence-electron chi connectivity index (χ0n) is 14.7. The molecule has 144 valence electrons. The standard InChI is InChI=1S/C19H15ClF3N5/c1-11(28-18-5-2-12(20)6-15(18)19(23)26-28)16(8-27-10-24-9-25-27)14-4-3-13(21)7-17(14)22/h2-7,9-11,16H,8H2,1H3/t11-,16-/m1/s1. The lowest BCUT2D eigenvalue weighted by molar-refractivity contribution is 0.349. The van der Waals surface area contributed by atoms with Crippen LogP contribution in [0.15, 0.2) is 49.1 Å². The number of halogens is 4. The number of hydrogen-bond acceptors (Lipinski definition) is 3. The highest BCUT2D eigenvalue weighted by Gasteiger charge is 2.27. The fourth-order valence-corrected chi connectivity index (χ4v) is 3.57. The Balaban J connectivity index is 1.82. The fraction of sp³-hybridized carbons (Fsp3) is 0.211. The molecule has 2 heterocycles. The van der Waals surface area contributed by atoms with E-state index in [1.807, 2.05) is 0 Å². The van der Waals surface area contributed by atoms with Gasteiger partial charge in [-0.05, 0) is 36.8 Å². The Hall–Kier alpha value is -2.87. The first-order chi connectivity index (χ1) is 13.4. The van der Waals surface area contributed by atoms with E-state index in [-0.39, 0.29) is 17.5 Å². The van der Waals surface area contributed by atoms with Crippen molar-refractivity contribution in [2.75, 3.05) is 0 Å². The third-order valence-electron chi connectivity index (χ3n) is 4.80. The first kappa shape index (κ1) is 18.5. The van der Waals surface area contributed by atoms with Gasteiger partial charge in [0.05, 0.1) is 23.5 Å². The Labute approximate surface area is 163 Å². The molecule has 0 bridgehead atoms. The molecule has 28 heavy (non-hydrogen) atoms. The highest BCUT2D eigenvalue weighted by Crippen LogP contribution is 2.35. The molecule has 0 unspecified atom stereocenters. The molecular formula is C19H15ClF3N5. The molecule has 0 spiro atoms. The van der Waals surface area contributed by atoms with E-state index in [0.29, 0.717) is 10.5 Å². The predicted molar refractivity (Wildman–Crippen MR) is 98.5 cm³/mol. The van der Waals surface area contributed by atoms with E-state index in [9.17, 15) is 13.2 Å². The summed E-state index contributed by atoms with van der Waals surface area (Å²) < 4.78 is 45.4. The summed E-state index contributed by atoms with van der Waals surface area (Å²) in [5, 5.41) is 8.74. The van der Waals surface area contributed by atoms with Gasteiger partial charge in [0.1, 0.15) is 24.3 Å². The summed E-state index contributed by atoms with van der Waals surface area (Å²) in [4.78, 5) is 3.90. The first-order valence-corrected chi connectivity index (χ1v) is 8.92. The number of aromatic nitrogens is 5. The molecule has 4 rings (SSSR count). The minimum absolute atomic E-state index is 0.250. The summed E-state index contributed by atoms with van der Waals surface area (Å²) in [6, 6.07) is 7.74. The second-order valence-corrected chi connectivity index (χ2v) is 6.96. The summed E-state index contributed by atoms with van der Waals surface area (Å²) in [6.07, 6.45) is 2.87. The highest BCUT2D eigenvalue weighted by atomic mass is 35.5. The van der Waals surface area contributed by atoms with Crippen molar-refractivity contribution >= 4 is 22.5 Å². The molecule has 0 saturated heterocycles. The van der Waals surface area contributed by atoms with E-state index < -0.39 is 29.5 Å². The van der Waals surface area contributed by atoms with E-state index in [1.165, 1.54) is 35.5 Å². The molecule has 2 atom stereocenters. The second-order valence-electron chi connectivity index (χ2n) is 6.53. The molecule has 0 aliphatic rings. The van der Waals surface area contributed by atoms with E-state index >= 15 is 0 Å². The van der Waals surface area contributed by atoms with Crippen LogP contribution in [-0.2, 0) is 6.54 Å². The van der Waals surface area contributed by atoms with Crippen LogP contribution in [0.5, 0.6) is 0 Å². The van der Waals surface area contributed by atoms with E-state index in [2.05, 4.69) is 15.2 Å². The van der Waals surface area contributed by atoms with Crippen LogP contribution in [-0.4, -0.2) is 24.5 Å². The van der Waals surface area contributed by atoms with Crippen molar-refractivity contribution in [3.05, 3.63) is 77.2 Å². The molecule has 0 radical (unpaired) electrons. The molecule has 0 fully saturated rings. The summed E-state index contributed by atoms with van der Waals surface area (Å²) in [5.41, 5.74) is 0.808. The maximum absolute atomic E-state index is 14.6. The SMILES string of the molecule is C[C@H]([C@@H](Cn1cncn1)c1ccc(F)cc1F)n1nc(F)c2cc(Cl)ccc21. The topological polar surface area (TPSA) is 48.5 Å². The summed E-state index contributed by atoms with van der Waals surface area (Å²) >= 11 is 5.96. The molecule has 2 aromatic carbocycles. The molecule has 0 N–H and O–H groups in total. The summed E-state index contributed by atoms with van der Waals surface area (Å²) in [5.74, 6) is -2.53. The zero-order chi connectivity index (χ0) is 19.8. The minimum Gasteiger partial charge on any atom is -0.258 e. The lowest BCUT2D eigenvalue weighted by Crippen LogP contribution is -2.22. The molecule has 2 aromatic heterocycles.